The minimum absolute atomic E-state index is 0.0960. The van der Waals surface area contributed by atoms with Crippen molar-refractivity contribution in [3.05, 3.63) is 53.6 Å². The van der Waals surface area contributed by atoms with Crippen LogP contribution in [0.15, 0.2) is 42.5 Å². The highest BCUT2D eigenvalue weighted by Gasteiger charge is 2.16. The van der Waals surface area contributed by atoms with Gasteiger partial charge < -0.3 is 19.7 Å². The SMILES string of the molecule is CCc1ccccc1NC(=O)CN(C)C(=O)COc1ccc(C(C)=O)cc1OC. The molecule has 2 rings (SSSR count). The van der Waals surface area contributed by atoms with Crippen LogP contribution in [0, 0.1) is 0 Å². The topological polar surface area (TPSA) is 84.9 Å². The van der Waals surface area contributed by atoms with Crippen molar-refractivity contribution >= 4 is 23.3 Å². The maximum atomic E-state index is 12.3. The molecule has 0 aliphatic carbocycles. The van der Waals surface area contributed by atoms with Crippen LogP contribution < -0.4 is 14.8 Å². The van der Waals surface area contributed by atoms with Gasteiger partial charge in [0.25, 0.3) is 5.91 Å². The number of anilines is 1. The monoisotopic (exact) mass is 398 g/mol. The average Bonchev–Trinajstić information content (AvgIpc) is 2.71. The number of methoxy groups -OCH3 is 1. The van der Waals surface area contributed by atoms with Crippen LogP contribution in [0.3, 0.4) is 0 Å². The average molecular weight is 398 g/mol. The van der Waals surface area contributed by atoms with Gasteiger partial charge >= 0.3 is 0 Å². The molecule has 2 aromatic rings. The minimum atomic E-state index is -0.360. The molecule has 0 radical (unpaired) electrons. The Bertz CT molecular complexity index is 895. The Morgan fingerprint density at radius 1 is 1.07 bits per heavy atom. The number of likely N-dealkylation sites (N-methyl/N-ethyl adjacent to an activating group) is 1. The summed E-state index contributed by atoms with van der Waals surface area (Å²) >= 11 is 0. The number of para-hydroxylation sites is 1. The standard InChI is InChI=1S/C22H26N2O5/c1-5-16-8-6-7-9-18(16)23-21(26)13-24(3)22(27)14-29-19-11-10-17(15(2)25)12-20(19)28-4/h6-12H,5,13-14H2,1-4H3,(H,23,26). The molecule has 7 nitrogen and oxygen atoms in total. The summed E-state index contributed by atoms with van der Waals surface area (Å²) in [6.07, 6.45) is 0.795. The fourth-order valence-electron chi connectivity index (χ4n) is 2.70. The summed E-state index contributed by atoms with van der Waals surface area (Å²) in [4.78, 5) is 37.4. The zero-order valence-corrected chi connectivity index (χ0v) is 17.2. The second-order valence-electron chi connectivity index (χ2n) is 6.52. The second-order valence-corrected chi connectivity index (χ2v) is 6.52. The van der Waals surface area contributed by atoms with Crippen molar-refractivity contribution in [3.63, 3.8) is 0 Å². The minimum Gasteiger partial charge on any atom is -0.493 e. The number of carbonyl (C=O) groups is 3. The predicted molar refractivity (Wildman–Crippen MR) is 111 cm³/mol. The van der Waals surface area contributed by atoms with E-state index in [4.69, 9.17) is 9.47 Å². The lowest BCUT2D eigenvalue weighted by Crippen LogP contribution is -2.37. The first-order valence-corrected chi connectivity index (χ1v) is 9.29. The van der Waals surface area contributed by atoms with Gasteiger partial charge in [0.2, 0.25) is 5.91 Å². The normalized spacial score (nSPS) is 10.2. The number of amides is 2. The molecule has 0 unspecified atom stereocenters. The third-order valence-electron chi connectivity index (χ3n) is 4.40. The molecule has 1 N–H and O–H groups in total. The third kappa shape index (κ3) is 6.07. The van der Waals surface area contributed by atoms with Gasteiger partial charge in [0.1, 0.15) is 0 Å². The van der Waals surface area contributed by atoms with E-state index in [1.807, 2.05) is 31.2 Å². The fourth-order valence-corrected chi connectivity index (χ4v) is 2.70. The van der Waals surface area contributed by atoms with E-state index in [9.17, 15) is 14.4 Å². The van der Waals surface area contributed by atoms with Crippen LogP contribution in [-0.2, 0) is 16.0 Å². The summed E-state index contributed by atoms with van der Waals surface area (Å²) in [5.41, 5.74) is 2.26. The number of ketones is 1. The zero-order chi connectivity index (χ0) is 21.4. The molecule has 2 aromatic carbocycles. The molecule has 0 aliphatic rings. The first-order chi connectivity index (χ1) is 13.8. The summed E-state index contributed by atoms with van der Waals surface area (Å²) in [5, 5.41) is 2.83. The van der Waals surface area contributed by atoms with Gasteiger partial charge in [0.05, 0.1) is 13.7 Å². The summed E-state index contributed by atoms with van der Waals surface area (Å²) in [5.74, 6) is -0.0317. The number of ether oxygens (including phenoxy) is 2. The van der Waals surface area contributed by atoms with Gasteiger partial charge in [-0.3, -0.25) is 14.4 Å². The first-order valence-electron chi connectivity index (χ1n) is 9.29. The Kier molecular flexibility index (Phi) is 7.77. The third-order valence-corrected chi connectivity index (χ3v) is 4.40. The van der Waals surface area contributed by atoms with E-state index in [1.165, 1.54) is 26.0 Å². The van der Waals surface area contributed by atoms with Crippen molar-refractivity contribution in [1.29, 1.82) is 0 Å². The van der Waals surface area contributed by atoms with Crippen LogP contribution >= 0.6 is 0 Å². The lowest BCUT2D eigenvalue weighted by molar-refractivity contribution is -0.135. The molecule has 0 aliphatic heterocycles. The van der Waals surface area contributed by atoms with Crippen LogP contribution in [-0.4, -0.2) is 49.8 Å². The number of hydrogen-bond acceptors (Lipinski definition) is 5. The highest BCUT2D eigenvalue weighted by molar-refractivity contribution is 5.95. The van der Waals surface area contributed by atoms with Crippen LogP contribution in [0.5, 0.6) is 11.5 Å². The number of nitrogens with one attached hydrogen (secondary N) is 1. The molecule has 0 fully saturated rings. The highest BCUT2D eigenvalue weighted by atomic mass is 16.5. The molecule has 0 aromatic heterocycles. The van der Waals surface area contributed by atoms with Crippen molar-refractivity contribution < 1.29 is 23.9 Å². The van der Waals surface area contributed by atoms with Gasteiger partial charge in [-0.2, -0.15) is 0 Å². The van der Waals surface area contributed by atoms with E-state index in [0.29, 0.717) is 17.1 Å². The van der Waals surface area contributed by atoms with Gasteiger partial charge in [0.15, 0.2) is 23.9 Å². The summed E-state index contributed by atoms with van der Waals surface area (Å²) < 4.78 is 10.7. The van der Waals surface area contributed by atoms with Crippen LogP contribution in [0.4, 0.5) is 5.69 Å². The van der Waals surface area contributed by atoms with Gasteiger partial charge in [-0.1, -0.05) is 25.1 Å². The van der Waals surface area contributed by atoms with Crippen LogP contribution in [0.2, 0.25) is 0 Å². The van der Waals surface area contributed by atoms with E-state index >= 15 is 0 Å². The molecular formula is C22H26N2O5. The Balaban J connectivity index is 1.92. The molecule has 0 spiro atoms. The van der Waals surface area contributed by atoms with E-state index in [-0.39, 0.29) is 30.7 Å². The van der Waals surface area contributed by atoms with E-state index in [1.54, 1.807) is 18.2 Å². The summed E-state index contributed by atoms with van der Waals surface area (Å²) in [6.45, 7) is 3.11. The van der Waals surface area contributed by atoms with Gasteiger partial charge in [0, 0.05) is 18.3 Å². The Morgan fingerprint density at radius 2 is 1.79 bits per heavy atom. The van der Waals surface area contributed by atoms with Crippen molar-refractivity contribution in [1.82, 2.24) is 4.90 Å². The highest BCUT2D eigenvalue weighted by Crippen LogP contribution is 2.28. The van der Waals surface area contributed by atoms with Crippen LogP contribution in [0.25, 0.3) is 0 Å². The quantitative estimate of drug-likeness (QED) is 0.657. The molecule has 0 saturated heterocycles. The Morgan fingerprint density at radius 3 is 2.45 bits per heavy atom. The molecule has 0 atom stereocenters. The number of rotatable bonds is 9. The lowest BCUT2D eigenvalue weighted by atomic mass is 10.1. The van der Waals surface area contributed by atoms with Gasteiger partial charge in [-0.05, 0) is 43.2 Å². The molecule has 0 bridgehead atoms. The molecule has 7 heteroatoms. The molecule has 0 heterocycles. The number of benzene rings is 2. The van der Waals surface area contributed by atoms with Crippen molar-refractivity contribution in [2.75, 3.05) is 32.6 Å². The molecular weight excluding hydrogens is 372 g/mol. The number of carbonyl (C=O) groups excluding carboxylic acids is 3. The summed E-state index contributed by atoms with van der Waals surface area (Å²) in [7, 11) is 2.99. The zero-order valence-electron chi connectivity index (χ0n) is 17.2. The number of nitrogens with zero attached hydrogens (tertiary/aromatic N) is 1. The van der Waals surface area contributed by atoms with E-state index < -0.39 is 0 Å². The van der Waals surface area contributed by atoms with E-state index in [0.717, 1.165) is 17.7 Å². The van der Waals surface area contributed by atoms with Gasteiger partial charge in [-0.25, -0.2) is 0 Å². The van der Waals surface area contributed by atoms with Gasteiger partial charge in [-0.15, -0.1) is 0 Å². The number of hydrogen-bond donors (Lipinski definition) is 1. The predicted octanol–water partition coefficient (Wildman–Crippen LogP) is 2.94. The number of aryl methyl sites for hydroxylation is 1. The molecule has 0 saturated carbocycles. The first kappa shape index (κ1) is 21.9. The maximum absolute atomic E-state index is 12.3. The largest absolute Gasteiger partial charge is 0.493 e. The van der Waals surface area contributed by atoms with Crippen molar-refractivity contribution in [2.45, 2.75) is 20.3 Å². The van der Waals surface area contributed by atoms with Crippen molar-refractivity contribution in [2.24, 2.45) is 0 Å². The molecule has 2 amide bonds. The fraction of sp³-hybridized carbons (Fsp3) is 0.318. The van der Waals surface area contributed by atoms with Crippen molar-refractivity contribution in [3.8, 4) is 11.5 Å². The number of Topliss-reactive ketones (excluding diaryl/α,β-unsaturated/α-hetero) is 1. The molecule has 29 heavy (non-hydrogen) atoms. The summed E-state index contributed by atoms with van der Waals surface area (Å²) in [6, 6.07) is 12.3. The Hall–Kier alpha value is -3.35. The molecule has 154 valence electrons. The maximum Gasteiger partial charge on any atom is 0.260 e. The van der Waals surface area contributed by atoms with E-state index in [2.05, 4.69) is 5.32 Å². The Labute approximate surface area is 170 Å². The smallest absolute Gasteiger partial charge is 0.260 e. The second kappa shape index (κ2) is 10.3. The van der Waals surface area contributed by atoms with Crippen LogP contribution in [0.1, 0.15) is 29.8 Å². The lowest BCUT2D eigenvalue weighted by Gasteiger charge is -2.18.